The van der Waals surface area contributed by atoms with Gasteiger partial charge in [-0.25, -0.2) is 8.42 Å². The Balaban J connectivity index is 2.33. The van der Waals surface area contributed by atoms with Crippen molar-refractivity contribution >= 4 is 45.2 Å². The van der Waals surface area contributed by atoms with Gasteiger partial charge < -0.3 is 0 Å². The molecule has 0 N–H and O–H groups in total. The van der Waals surface area contributed by atoms with Crippen LogP contribution in [0.2, 0.25) is 0 Å². The molecule has 0 radical (unpaired) electrons. The van der Waals surface area contributed by atoms with Crippen molar-refractivity contribution in [2.75, 3.05) is 0 Å². The van der Waals surface area contributed by atoms with E-state index < -0.39 is 9.84 Å². The van der Waals surface area contributed by atoms with Gasteiger partial charge in [0.2, 0.25) is 9.84 Å². The third-order valence-electron chi connectivity index (χ3n) is 3.18. The summed E-state index contributed by atoms with van der Waals surface area (Å²) in [5, 5.41) is 17.3. The predicted octanol–water partition coefficient (Wildman–Crippen LogP) is 4.73. The maximum atomic E-state index is 12.6. The summed E-state index contributed by atoms with van der Waals surface area (Å²) in [5.41, 5.74) is 1.24. The summed E-state index contributed by atoms with van der Waals surface area (Å²) in [5.74, 6) is 0. The van der Waals surface area contributed by atoms with Crippen molar-refractivity contribution in [1.82, 2.24) is 0 Å². The molecular weight excluding hydrogens is 379 g/mol. The molecule has 2 aromatic rings. The molecule has 2 aromatic carbocycles. The first kappa shape index (κ1) is 18.8. The first-order valence-corrected chi connectivity index (χ1v) is 9.10. The van der Waals surface area contributed by atoms with Crippen LogP contribution in [0.3, 0.4) is 0 Å². The van der Waals surface area contributed by atoms with Gasteiger partial charge >= 0.3 is 0 Å². The lowest BCUT2D eigenvalue weighted by atomic mass is 10.2. The maximum Gasteiger partial charge on any atom is 0.206 e. The van der Waals surface area contributed by atoms with Gasteiger partial charge in [0.05, 0.1) is 9.79 Å². The fourth-order valence-electron chi connectivity index (χ4n) is 1.98. The van der Waals surface area contributed by atoms with Gasteiger partial charge in [0.1, 0.15) is 22.2 Å². The van der Waals surface area contributed by atoms with Crippen molar-refractivity contribution < 1.29 is 8.42 Å². The van der Waals surface area contributed by atoms with Gasteiger partial charge in [-0.3, -0.25) is 0 Å². The van der Waals surface area contributed by atoms with Crippen LogP contribution < -0.4 is 0 Å². The molecule has 0 spiro atoms. The Hall–Kier alpha value is -2.57. The van der Waals surface area contributed by atoms with Gasteiger partial charge in [-0.15, -0.1) is 0 Å². The summed E-state index contributed by atoms with van der Waals surface area (Å²) in [7, 11) is -3.68. The second-order valence-corrected chi connectivity index (χ2v) is 7.61. The van der Waals surface area contributed by atoms with E-state index in [0.717, 1.165) is 0 Å². The molecule has 0 bridgehead atoms. The Morgan fingerprint density at radius 3 is 1.36 bits per heavy atom. The average molecular weight is 389 g/mol. The van der Waals surface area contributed by atoms with E-state index in [2.05, 4.69) is 0 Å². The monoisotopic (exact) mass is 388 g/mol. The van der Waals surface area contributed by atoms with Crippen LogP contribution in [0.25, 0.3) is 12.2 Å². The minimum Gasteiger partial charge on any atom is -0.219 e. The molecule has 0 unspecified atom stereocenters. The van der Waals surface area contributed by atoms with Crippen LogP contribution in [0.5, 0.6) is 0 Å². The van der Waals surface area contributed by atoms with Gasteiger partial charge in [-0.1, -0.05) is 47.5 Å². The number of hydrogen-bond acceptors (Lipinski definition) is 4. The summed E-state index contributed by atoms with van der Waals surface area (Å²) < 4.78 is 25.3. The summed E-state index contributed by atoms with van der Waals surface area (Å²) in [4.78, 5) is 0.243. The Labute approximate surface area is 155 Å². The first-order valence-electron chi connectivity index (χ1n) is 6.86. The highest BCUT2D eigenvalue weighted by atomic mass is 35.5. The van der Waals surface area contributed by atoms with Crippen LogP contribution in [0.1, 0.15) is 11.1 Å². The third kappa shape index (κ3) is 4.71. The van der Waals surface area contributed by atoms with Crippen LogP contribution in [-0.2, 0) is 9.84 Å². The molecule has 4 nitrogen and oxygen atoms in total. The number of allylic oxidation sites excluding steroid dienone is 2. The van der Waals surface area contributed by atoms with Gasteiger partial charge in [0, 0.05) is 0 Å². The standard InChI is InChI=1S/C18H10Cl2N2O2S/c19-15(11-21)9-13-1-5-17(6-2-13)25(23,24)18-7-3-14(4-8-18)10-16(20)12-22/h1-10H. The van der Waals surface area contributed by atoms with E-state index in [-0.39, 0.29) is 19.9 Å². The molecule has 0 saturated heterocycles. The van der Waals surface area contributed by atoms with E-state index in [1.165, 1.54) is 36.4 Å². The molecule has 0 amide bonds. The quantitative estimate of drug-likeness (QED) is 0.708. The molecule has 0 saturated carbocycles. The van der Waals surface area contributed by atoms with Crippen LogP contribution in [0.15, 0.2) is 68.4 Å². The zero-order chi connectivity index (χ0) is 18.4. The number of nitrogens with zero attached hydrogens (tertiary/aromatic N) is 2. The van der Waals surface area contributed by atoms with Crippen LogP contribution >= 0.6 is 23.2 Å². The number of hydrogen-bond donors (Lipinski definition) is 0. The van der Waals surface area contributed by atoms with Gasteiger partial charge in [-0.05, 0) is 47.5 Å². The highest BCUT2D eigenvalue weighted by molar-refractivity contribution is 7.91. The average Bonchev–Trinajstić information content (AvgIpc) is 2.62. The summed E-state index contributed by atoms with van der Waals surface area (Å²) in [6.07, 6.45) is 2.88. The van der Waals surface area contributed by atoms with E-state index in [1.54, 1.807) is 36.4 Å². The Morgan fingerprint density at radius 2 is 1.08 bits per heavy atom. The highest BCUT2D eigenvalue weighted by Gasteiger charge is 2.17. The van der Waals surface area contributed by atoms with Crippen molar-refractivity contribution in [3.63, 3.8) is 0 Å². The molecule has 25 heavy (non-hydrogen) atoms. The van der Waals surface area contributed by atoms with E-state index >= 15 is 0 Å². The fourth-order valence-corrected chi connectivity index (χ4v) is 3.49. The second-order valence-electron chi connectivity index (χ2n) is 4.85. The van der Waals surface area contributed by atoms with Crippen molar-refractivity contribution in [2.45, 2.75) is 9.79 Å². The molecule has 0 atom stereocenters. The van der Waals surface area contributed by atoms with E-state index in [1.807, 2.05) is 0 Å². The Bertz CT molecular complexity index is 945. The van der Waals surface area contributed by atoms with E-state index in [0.29, 0.717) is 11.1 Å². The molecule has 2 rings (SSSR count). The minimum atomic E-state index is -3.68. The normalized spacial score (nSPS) is 12.3. The predicted molar refractivity (Wildman–Crippen MR) is 97.2 cm³/mol. The first-order chi connectivity index (χ1) is 11.9. The van der Waals surface area contributed by atoms with E-state index in [4.69, 9.17) is 33.7 Å². The zero-order valence-electron chi connectivity index (χ0n) is 12.6. The van der Waals surface area contributed by atoms with Gasteiger partial charge in [0.15, 0.2) is 0 Å². The Kier molecular flexibility index (Phi) is 6.01. The SMILES string of the molecule is N#CC(Cl)=Cc1ccc(S(=O)(=O)c2ccc(C=C(Cl)C#N)cc2)cc1. The zero-order valence-corrected chi connectivity index (χ0v) is 15.0. The molecule has 0 fully saturated rings. The number of nitriles is 2. The number of rotatable bonds is 4. The lowest BCUT2D eigenvalue weighted by molar-refractivity contribution is 0.596. The fraction of sp³-hybridized carbons (Fsp3) is 0. The second kappa shape index (κ2) is 8.00. The molecule has 0 aliphatic heterocycles. The van der Waals surface area contributed by atoms with Crippen molar-refractivity contribution in [3.05, 3.63) is 69.7 Å². The molecule has 0 aromatic heterocycles. The summed E-state index contributed by atoms with van der Waals surface area (Å²) in [6, 6.07) is 15.6. The van der Waals surface area contributed by atoms with Crippen molar-refractivity contribution in [3.8, 4) is 12.1 Å². The lowest BCUT2D eigenvalue weighted by Crippen LogP contribution is -2.01. The van der Waals surface area contributed by atoms with Gasteiger partial charge in [-0.2, -0.15) is 10.5 Å². The summed E-state index contributed by atoms with van der Waals surface area (Å²) >= 11 is 11.3. The summed E-state index contributed by atoms with van der Waals surface area (Å²) in [6.45, 7) is 0. The van der Waals surface area contributed by atoms with Crippen molar-refractivity contribution in [2.24, 2.45) is 0 Å². The van der Waals surface area contributed by atoms with Crippen LogP contribution in [0, 0.1) is 22.7 Å². The number of benzene rings is 2. The molecule has 124 valence electrons. The highest BCUT2D eigenvalue weighted by Crippen LogP contribution is 2.23. The molecular formula is C18H10Cl2N2O2S. The topological polar surface area (TPSA) is 81.7 Å². The molecule has 0 aliphatic carbocycles. The van der Waals surface area contributed by atoms with Crippen LogP contribution in [0.4, 0.5) is 0 Å². The number of halogens is 2. The van der Waals surface area contributed by atoms with Crippen molar-refractivity contribution in [1.29, 1.82) is 10.5 Å². The van der Waals surface area contributed by atoms with Crippen LogP contribution in [-0.4, -0.2) is 8.42 Å². The maximum absolute atomic E-state index is 12.6. The number of sulfone groups is 1. The molecule has 0 aliphatic rings. The smallest absolute Gasteiger partial charge is 0.206 e. The third-order valence-corrected chi connectivity index (χ3v) is 5.35. The van der Waals surface area contributed by atoms with Gasteiger partial charge in [0.25, 0.3) is 0 Å². The Morgan fingerprint density at radius 1 is 0.760 bits per heavy atom. The molecule has 0 heterocycles. The molecule has 7 heteroatoms. The largest absolute Gasteiger partial charge is 0.219 e. The lowest BCUT2D eigenvalue weighted by Gasteiger charge is -2.05. The minimum absolute atomic E-state index is 0.00952. The van der Waals surface area contributed by atoms with E-state index in [9.17, 15) is 8.42 Å².